The van der Waals surface area contributed by atoms with Crippen LogP contribution in [0.3, 0.4) is 0 Å². The van der Waals surface area contributed by atoms with Gasteiger partial charge >= 0.3 is 0 Å². The molecule has 8 heteroatoms. The van der Waals surface area contributed by atoms with Crippen LogP contribution in [0.4, 0.5) is 0 Å². The zero-order valence-corrected chi connectivity index (χ0v) is 25.2. The number of halogens is 3. The Labute approximate surface area is 251 Å². The Kier molecular flexibility index (Phi) is 10.8. The van der Waals surface area contributed by atoms with Crippen molar-refractivity contribution in [2.75, 3.05) is 6.61 Å². The summed E-state index contributed by atoms with van der Waals surface area (Å²) in [5.41, 5.74) is 3.25. The topological polar surface area (TPSA) is 58.6 Å². The molecule has 1 unspecified atom stereocenters. The van der Waals surface area contributed by atoms with Crippen molar-refractivity contribution < 1.29 is 14.3 Å². The van der Waals surface area contributed by atoms with Gasteiger partial charge in [0.15, 0.2) is 6.61 Å². The SMILES string of the molecule is Cc1cc(OCC(=O)N(Cc2c(Cl)cccc2Cl)C(Cc2ccccc2)C(=O)NC2CCCCC2)cc(C)c1Cl. The summed E-state index contributed by atoms with van der Waals surface area (Å²) in [4.78, 5) is 29.4. The molecule has 0 bridgehead atoms. The number of nitrogens with one attached hydrogen (secondary N) is 1. The van der Waals surface area contributed by atoms with E-state index >= 15 is 0 Å². The fourth-order valence-electron chi connectivity index (χ4n) is 5.17. The molecule has 2 amide bonds. The molecule has 1 aliphatic rings. The van der Waals surface area contributed by atoms with Crippen molar-refractivity contribution in [1.29, 1.82) is 0 Å². The maximum atomic E-state index is 13.9. The summed E-state index contributed by atoms with van der Waals surface area (Å²) in [6.07, 6.45) is 5.56. The molecule has 212 valence electrons. The molecular formula is C32H35Cl3N2O3. The van der Waals surface area contributed by atoms with Crippen molar-refractivity contribution in [2.24, 2.45) is 0 Å². The fraction of sp³-hybridized carbons (Fsp3) is 0.375. The minimum Gasteiger partial charge on any atom is -0.484 e. The van der Waals surface area contributed by atoms with Gasteiger partial charge in [0, 0.05) is 39.6 Å². The molecule has 1 atom stereocenters. The van der Waals surface area contributed by atoms with Gasteiger partial charge in [-0.15, -0.1) is 0 Å². The Hall–Kier alpha value is -2.73. The standard InChI is InChI=1S/C32H35Cl3N2O3/c1-21-16-25(17-22(2)31(21)35)40-20-30(38)37(19-26-27(33)14-9-15-28(26)34)29(18-23-10-5-3-6-11-23)32(39)36-24-12-7-4-8-13-24/h3,5-6,9-11,14-17,24,29H,4,7-8,12-13,18-20H2,1-2H3,(H,36,39). The summed E-state index contributed by atoms with van der Waals surface area (Å²) in [5, 5.41) is 4.76. The number of carbonyl (C=O) groups excluding carboxylic acids is 2. The number of rotatable bonds is 10. The quantitative estimate of drug-likeness (QED) is 0.259. The van der Waals surface area contributed by atoms with Crippen LogP contribution in [-0.2, 0) is 22.6 Å². The molecule has 0 saturated heterocycles. The molecule has 0 aliphatic heterocycles. The number of amides is 2. The van der Waals surface area contributed by atoms with Crippen LogP contribution < -0.4 is 10.1 Å². The van der Waals surface area contributed by atoms with Gasteiger partial charge in [0.2, 0.25) is 5.91 Å². The molecule has 0 spiro atoms. The van der Waals surface area contributed by atoms with Crippen LogP contribution in [0.2, 0.25) is 15.1 Å². The van der Waals surface area contributed by atoms with Gasteiger partial charge in [-0.2, -0.15) is 0 Å². The lowest BCUT2D eigenvalue weighted by atomic mass is 9.94. The first-order valence-electron chi connectivity index (χ1n) is 13.7. The first-order chi connectivity index (χ1) is 19.2. The van der Waals surface area contributed by atoms with Crippen LogP contribution in [0, 0.1) is 13.8 Å². The first-order valence-corrected chi connectivity index (χ1v) is 14.8. The summed E-state index contributed by atoms with van der Waals surface area (Å²) in [6.45, 7) is 3.59. The second-order valence-electron chi connectivity index (χ2n) is 10.4. The molecule has 1 N–H and O–H groups in total. The highest BCUT2D eigenvalue weighted by Gasteiger charge is 2.33. The van der Waals surface area contributed by atoms with Crippen molar-refractivity contribution in [3.63, 3.8) is 0 Å². The smallest absolute Gasteiger partial charge is 0.261 e. The predicted octanol–water partition coefficient (Wildman–Crippen LogP) is 7.73. The molecule has 1 aliphatic carbocycles. The molecule has 5 nitrogen and oxygen atoms in total. The van der Waals surface area contributed by atoms with Gasteiger partial charge in [-0.3, -0.25) is 9.59 Å². The van der Waals surface area contributed by atoms with Gasteiger partial charge in [-0.1, -0.05) is 90.5 Å². The van der Waals surface area contributed by atoms with Crippen LogP contribution in [0.25, 0.3) is 0 Å². The molecule has 3 aromatic carbocycles. The summed E-state index contributed by atoms with van der Waals surface area (Å²) >= 11 is 19.4. The average Bonchev–Trinajstić information content (AvgIpc) is 2.94. The third-order valence-corrected chi connectivity index (χ3v) is 8.69. The van der Waals surface area contributed by atoms with E-state index < -0.39 is 6.04 Å². The maximum absolute atomic E-state index is 13.9. The highest BCUT2D eigenvalue weighted by atomic mass is 35.5. The van der Waals surface area contributed by atoms with Gasteiger partial charge in [0.05, 0.1) is 0 Å². The maximum Gasteiger partial charge on any atom is 0.261 e. The number of hydrogen-bond donors (Lipinski definition) is 1. The van der Waals surface area contributed by atoms with Crippen LogP contribution in [0.15, 0.2) is 60.7 Å². The summed E-state index contributed by atoms with van der Waals surface area (Å²) in [7, 11) is 0. The molecule has 1 saturated carbocycles. The van der Waals surface area contributed by atoms with E-state index in [0.29, 0.717) is 32.8 Å². The molecule has 4 rings (SSSR count). The fourth-order valence-corrected chi connectivity index (χ4v) is 5.80. The Balaban J connectivity index is 1.66. The van der Waals surface area contributed by atoms with Gasteiger partial charge in [0.1, 0.15) is 11.8 Å². The minimum absolute atomic E-state index is 0.0644. The molecule has 1 fully saturated rings. The Morgan fingerprint density at radius 2 is 1.55 bits per heavy atom. The van der Waals surface area contributed by atoms with Crippen LogP contribution in [0.5, 0.6) is 5.75 Å². The zero-order valence-electron chi connectivity index (χ0n) is 22.9. The lowest BCUT2D eigenvalue weighted by molar-refractivity contribution is -0.143. The van der Waals surface area contributed by atoms with Gasteiger partial charge in [-0.25, -0.2) is 0 Å². The number of nitrogens with zero attached hydrogens (tertiary/aromatic N) is 1. The number of hydrogen-bond acceptors (Lipinski definition) is 3. The van der Waals surface area contributed by atoms with Crippen LogP contribution in [-0.4, -0.2) is 35.4 Å². The van der Waals surface area contributed by atoms with E-state index in [1.54, 1.807) is 35.2 Å². The van der Waals surface area contributed by atoms with Crippen LogP contribution in [0.1, 0.15) is 54.4 Å². The predicted molar refractivity (Wildman–Crippen MR) is 162 cm³/mol. The van der Waals surface area contributed by atoms with Crippen molar-refractivity contribution in [1.82, 2.24) is 10.2 Å². The van der Waals surface area contributed by atoms with E-state index in [4.69, 9.17) is 39.5 Å². The lowest BCUT2D eigenvalue weighted by Crippen LogP contribution is -2.53. The Morgan fingerprint density at radius 3 is 2.17 bits per heavy atom. The summed E-state index contributed by atoms with van der Waals surface area (Å²) < 4.78 is 5.95. The van der Waals surface area contributed by atoms with Gasteiger partial charge in [0.25, 0.3) is 5.91 Å². The third kappa shape index (κ3) is 7.93. The van der Waals surface area contributed by atoms with E-state index in [2.05, 4.69) is 5.32 Å². The van der Waals surface area contributed by atoms with E-state index in [9.17, 15) is 9.59 Å². The van der Waals surface area contributed by atoms with Gasteiger partial charge < -0.3 is 15.0 Å². The molecule has 3 aromatic rings. The number of carbonyl (C=O) groups is 2. The highest BCUT2D eigenvalue weighted by molar-refractivity contribution is 6.36. The molecule has 40 heavy (non-hydrogen) atoms. The second kappa shape index (κ2) is 14.2. The molecule has 0 aromatic heterocycles. The third-order valence-electron chi connectivity index (χ3n) is 7.39. The van der Waals surface area contributed by atoms with Crippen molar-refractivity contribution in [3.8, 4) is 5.75 Å². The first kappa shape index (κ1) is 30.2. The van der Waals surface area contributed by atoms with E-state index in [1.165, 1.54) is 6.42 Å². The lowest BCUT2D eigenvalue weighted by Gasteiger charge is -2.33. The molecular weight excluding hydrogens is 567 g/mol. The number of ether oxygens (including phenoxy) is 1. The second-order valence-corrected chi connectivity index (χ2v) is 11.6. The Morgan fingerprint density at radius 1 is 0.925 bits per heavy atom. The van der Waals surface area contributed by atoms with E-state index in [-0.39, 0.29) is 31.0 Å². The molecule has 0 heterocycles. The normalized spacial score (nSPS) is 14.4. The van der Waals surface area contributed by atoms with Gasteiger partial charge in [-0.05, 0) is 67.6 Å². The summed E-state index contributed by atoms with van der Waals surface area (Å²) in [6, 6.07) is 17.8. The van der Waals surface area contributed by atoms with Crippen molar-refractivity contribution >= 4 is 46.6 Å². The van der Waals surface area contributed by atoms with Crippen molar-refractivity contribution in [3.05, 3.63) is 98.0 Å². The molecule has 0 radical (unpaired) electrons. The highest BCUT2D eigenvalue weighted by Crippen LogP contribution is 2.29. The number of aryl methyl sites for hydroxylation is 2. The summed E-state index contributed by atoms with van der Waals surface area (Å²) in [5.74, 6) is 0.00108. The Bertz CT molecular complexity index is 1280. The minimum atomic E-state index is -0.790. The zero-order chi connectivity index (χ0) is 28.6. The average molecular weight is 602 g/mol. The monoisotopic (exact) mass is 600 g/mol. The number of benzene rings is 3. The largest absolute Gasteiger partial charge is 0.484 e. The van der Waals surface area contributed by atoms with E-state index in [1.807, 2.05) is 44.2 Å². The van der Waals surface area contributed by atoms with E-state index in [0.717, 1.165) is 42.4 Å². The van der Waals surface area contributed by atoms with Crippen molar-refractivity contribution in [2.45, 2.75) is 71.0 Å². The van der Waals surface area contributed by atoms with Crippen LogP contribution >= 0.6 is 34.8 Å².